The Morgan fingerprint density at radius 3 is 2.67 bits per heavy atom. The van der Waals surface area contributed by atoms with Gasteiger partial charge in [0.25, 0.3) is 0 Å². The Bertz CT molecular complexity index is 875. The lowest BCUT2D eigenvalue weighted by molar-refractivity contribution is 0.154. The Kier molecular flexibility index (Phi) is 3.65. The summed E-state index contributed by atoms with van der Waals surface area (Å²) >= 11 is 0. The average molecular weight is 330 g/mol. The molecule has 7 heteroatoms. The number of fused-ring (bicyclic) bond motifs is 1. The summed E-state index contributed by atoms with van der Waals surface area (Å²) in [5, 5.41) is 14.3. The number of nitrogens with zero attached hydrogens (tertiary/aromatic N) is 4. The predicted octanol–water partition coefficient (Wildman–Crippen LogP) is 2.64. The number of aliphatic hydroxyl groups excluding tert-OH is 1. The van der Waals surface area contributed by atoms with Gasteiger partial charge in [0.15, 0.2) is 5.82 Å². The fraction of sp³-hybridized carbons (Fsp3) is 0.294. The van der Waals surface area contributed by atoms with Gasteiger partial charge in [-0.2, -0.15) is 5.10 Å². The van der Waals surface area contributed by atoms with Crippen LogP contribution >= 0.6 is 0 Å². The Balaban J connectivity index is 1.79. The number of rotatable bonds is 2. The van der Waals surface area contributed by atoms with Gasteiger partial charge >= 0.3 is 0 Å². The summed E-state index contributed by atoms with van der Waals surface area (Å²) in [4.78, 5) is 6.43. The normalized spacial score (nSPS) is 18.3. The second-order valence-electron chi connectivity index (χ2n) is 6.01. The minimum atomic E-state index is -0.639. The fourth-order valence-corrected chi connectivity index (χ4v) is 3.14. The molecule has 2 aromatic heterocycles. The third kappa shape index (κ3) is 2.71. The highest BCUT2D eigenvalue weighted by atomic mass is 19.1. The lowest BCUT2D eigenvalue weighted by atomic mass is 10.1. The van der Waals surface area contributed by atoms with Crippen molar-refractivity contribution in [1.82, 2.24) is 14.6 Å². The summed E-state index contributed by atoms with van der Waals surface area (Å²) in [6.45, 7) is 1.32. The second-order valence-corrected chi connectivity index (χ2v) is 6.01. The van der Waals surface area contributed by atoms with E-state index in [0.717, 1.165) is 31.0 Å². The van der Waals surface area contributed by atoms with Crippen molar-refractivity contribution in [1.29, 1.82) is 0 Å². The van der Waals surface area contributed by atoms with Gasteiger partial charge in [0.2, 0.25) is 0 Å². The first kappa shape index (κ1) is 15.0. The van der Waals surface area contributed by atoms with Crippen molar-refractivity contribution in [2.45, 2.75) is 18.9 Å². The molecule has 124 valence electrons. The van der Waals surface area contributed by atoms with E-state index in [1.807, 2.05) is 4.90 Å². The summed E-state index contributed by atoms with van der Waals surface area (Å²) in [6.07, 6.45) is 4.62. The molecule has 0 spiro atoms. The van der Waals surface area contributed by atoms with Crippen LogP contribution in [0.2, 0.25) is 0 Å². The zero-order valence-corrected chi connectivity index (χ0v) is 12.9. The molecular formula is C17H16F2N4O. The van der Waals surface area contributed by atoms with Gasteiger partial charge < -0.3 is 10.0 Å². The standard InChI is InChI=1S/C17H16F2N4O/c18-12-6-11(7-13(19)8-12)15-9-16-17(20-3-5-23(16)21-15)22-4-1-2-14(24)10-22/h3,5-9,14,24H,1-2,4,10H2. The van der Waals surface area contributed by atoms with Crippen LogP contribution in [0.15, 0.2) is 36.7 Å². The first-order valence-electron chi connectivity index (χ1n) is 7.84. The largest absolute Gasteiger partial charge is 0.391 e. The van der Waals surface area contributed by atoms with Gasteiger partial charge in [-0.05, 0) is 31.0 Å². The van der Waals surface area contributed by atoms with Crippen molar-refractivity contribution < 1.29 is 13.9 Å². The van der Waals surface area contributed by atoms with E-state index < -0.39 is 11.6 Å². The molecule has 1 N–H and O–H groups in total. The van der Waals surface area contributed by atoms with Gasteiger partial charge in [0.05, 0.1) is 11.8 Å². The van der Waals surface area contributed by atoms with Crippen LogP contribution in [-0.4, -0.2) is 38.9 Å². The van der Waals surface area contributed by atoms with Gasteiger partial charge in [-0.1, -0.05) is 0 Å². The van der Waals surface area contributed by atoms with E-state index in [1.54, 1.807) is 23.0 Å². The molecule has 0 amide bonds. The van der Waals surface area contributed by atoms with E-state index in [1.165, 1.54) is 12.1 Å². The van der Waals surface area contributed by atoms with Crippen LogP contribution in [0.5, 0.6) is 0 Å². The Labute approximate surface area is 137 Å². The van der Waals surface area contributed by atoms with E-state index in [0.29, 0.717) is 23.6 Å². The highest BCUT2D eigenvalue weighted by Crippen LogP contribution is 2.27. The van der Waals surface area contributed by atoms with E-state index >= 15 is 0 Å². The molecule has 4 rings (SSSR count). The molecule has 3 aromatic rings. The molecule has 24 heavy (non-hydrogen) atoms. The third-order valence-corrected chi connectivity index (χ3v) is 4.22. The van der Waals surface area contributed by atoms with Crippen LogP contribution in [0.4, 0.5) is 14.6 Å². The maximum absolute atomic E-state index is 13.5. The van der Waals surface area contributed by atoms with Crippen LogP contribution < -0.4 is 4.90 Å². The molecule has 1 saturated heterocycles. The van der Waals surface area contributed by atoms with Gasteiger partial charge in [-0.25, -0.2) is 18.3 Å². The number of benzene rings is 1. The van der Waals surface area contributed by atoms with Crippen molar-refractivity contribution in [2.75, 3.05) is 18.0 Å². The number of hydrogen-bond donors (Lipinski definition) is 1. The predicted molar refractivity (Wildman–Crippen MR) is 85.8 cm³/mol. The number of halogens is 2. The Morgan fingerprint density at radius 2 is 1.92 bits per heavy atom. The van der Waals surface area contributed by atoms with E-state index in [-0.39, 0.29) is 6.10 Å². The molecule has 0 saturated carbocycles. The lowest BCUT2D eigenvalue weighted by Gasteiger charge is -2.31. The molecule has 1 unspecified atom stereocenters. The number of hydrogen-bond acceptors (Lipinski definition) is 4. The average Bonchev–Trinajstić information content (AvgIpc) is 2.98. The molecule has 5 nitrogen and oxygen atoms in total. The summed E-state index contributed by atoms with van der Waals surface area (Å²) in [5.41, 5.74) is 1.59. The van der Waals surface area contributed by atoms with E-state index in [4.69, 9.17) is 0 Å². The molecule has 1 aliphatic heterocycles. The maximum atomic E-state index is 13.5. The number of piperidine rings is 1. The van der Waals surface area contributed by atoms with Crippen LogP contribution in [0.1, 0.15) is 12.8 Å². The van der Waals surface area contributed by atoms with Gasteiger partial charge in [0, 0.05) is 37.1 Å². The minimum Gasteiger partial charge on any atom is -0.391 e. The van der Waals surface area contributed by atoms with Crippen LogP contribution in [-0.2, 0) is 0 Å². The van der Waals surface area contributed by atoms with Crippen LogP contribution in [0.3, 0.4) is 0 Å². The highest BCUT2D eigenvalue weighted by Gasteiger charge is 2.21. The second kappa shape index (κ2) is 5.83. The maximum Gasteiger partial charge on any atom is 0.154 e. The molecule has 1 atom stereocenters. The zero-order chi connectivity index (χ0) is 16.7. The SMILES string of the molecule is OC1CCCN(c2nccn3nc(-c4cc(F)cc(F)c4)cc23)C1. The van der Waals surface area contributed by atoms with Gasteiger partial charge in [-0.3, -0.25) is 0 Å². The highest BCUT2D eigenvalue weighted by molar-refractivity contribution is 5.75. The Morgan fingerprint density at radius 1 is 1.12 bits per heavy atom. The minimum absolute atomic E-state index is 0.375. The lowest BCUT2D eigenvalue weighted by Crippen LogP contribution is -2.38. The number of aromatic nitrogens is 3. The van der Waals surface area contributed by atoms with Crippen molar-refractivity contribution in [3.05, 3.63) is 48.3 Å². The summed E-state index contributed by atoms with van der Waals surface area (Å²) < 4.78 is 28.6. The van der Waals surface area contributed by atoms with Crippen LogP contribution in [0, 0.1) is 11.6 Å². The number of anilines is 1. The van der Waals surface area contributed by atoms with E-state index in [9.17, 15) is 13.9 Å². The quantitative estimate of drug-likeness (QED) is 0.785. The van der Waals surface area contributed by atoms with Crippen molar-refractivity contribution in [3.8, 4) is 11.3 Å². The number of aliphatic hydroxyl groups is 1. The monoisotopic (exact) mass is 330 g/mol. The van der Waals surface area contributed by atoms with E-state index in [2.05, 4.69) is 10.1 Å². The molecule has 0 bridgehead atoms. The zero-order valence-electron chi connectivity index (χ0n) is 12.9. The summed E-state index contributed by atoms with van der Waals surface area (Å²) in [7, 11) is 0. The fourth-order valence-electron chi connectivity index (χ4n) is 3.14. The molecular weight excluding hydrogens is 314 g/mol. The van der Waals surface area contributed by atoms with Gasteiger partial charge in [-0.15, -0.1) is 0 Å². The topological polar surface area (TPSA) is 53.7 Å². The van der Waals surface area contributed by atoms with Gasteiger partial charge in [0.1, 0.15) is 17.2 Å². The molecule has 3 heterocycles. The summed E-state index contributed by atoms with van der Waals surface area (Å²) in [6, 6.07) is 5.10. The molecule has 1 fully saturated rings. The van der Waals surface area contributed by atoms with Crippen molar-refractivity contribution >= 4 is 11.3 Å². The van der Waals surface area contributed by atoms with Crippen molar-refractivity contribution in [3.63, 3.8) is 0 Å². The molecule has 1 aromatic carbocycles. The molecule has 0 aliphatic carbocycles. The number of β-amino-alcohol motifs (C(OH)–C–C–N with tert-alkyl or cyclic N) is 1. The first-order valence-corrected chi connectivity index (χ1v) is 7.84. The summed E-state index contributed by atoms with van der Waals surface area (Å²) in [5.74, 6) is -0.564. The van der Waals surface area contributed by atoms with Crippen molar-refractivity contribution in [2.24, 2.45) is 0 Å². The Hall–Kier alpha value is -2.54. The molecule has 0 radical (unpaired) electrons. The first-order chi connectivity index (χ1) is 11.6. The van der Waals surface area contributed by atoms with Crippen LogP contribution in [0.25, 0.3) is 16.8 Å². The smallest absolute Gasteiger partial charge is 0.154 e. The third-order valence-electron chi connectivity index (χ3n) is 4.22. The molecule has 1 aliphatic rings.